The molecule has 1 aromatic rings. The number of nitrogen functional groups attached to an aromatic ring is 1. The number of hydrogen-bond acceptors (Lipinski definition) is 4. The summed E-state index contributed by atoms with van der Waals surface area (Å²) in [6, 6.07) is 0.596. The van der Waals surface area contributed by atoms with E-state index in [1.807, 2.05) is 6.92 Å². The molecule has 94 valence electrons. The lowest BCUT2D eigenvalue weighted by Crippen LogP contribution is -2.36. The number of nitrogens with zero attached hydrogens (tertiary/aromatic N) is 3. The van der Waals surface area contributed by atoms with Gasteiger partial charge in [0, 0.05) is 18.7 Å². The largest absolute Gasteiger partial charge is 0.383 e. The summed E-state index contributed by atoms with van der Waals surface area (Å²) in [4.78, 5) is 10.7. The molecule has 1 heterocycles. The van der Waals surface area contributed by atoms with E-state index < -0.39 is 0 Å². The van der Waals surface area contributed by atoms with E-state index >= 15 is 0 Å². The van der Waals surface area contributed by atoms with Gasteiger partial charge in [-0.15, -0.1) is 0 Å². The molecule has 4 nitrogen and oxygen atoms in total. The second kappa shape index (κ2) is 4.90. The lowest BCUT2D eigenvalue weighted by Gasteiger charge is -2.35. The highest BCUT2D eigenvalue weighted by Crippen LogP contribution is 2.30. The van der Waals surface area contributed by atoms with E-state index in [4.69, 9.17) is 5.73 Å². The van der Waals surface area contributed by atoms with Crippen LogP contribution in [0.1, 0.15) is 38.2 Å². The van der Waals surface area contributed by atoms with Crippen molar-refractivity contribution in [2.45, 2.75) is 45.6 Å². The molecule has 1 saturated carbocycles. The van der Waals surface area contributed by atoms with Crippen molar-refractivity contribution >= 4 is 11.6 Å². The molecule has 0 atom stereocenters. The van der Waals surface area contributed by atoms with Crippen LogP contribution in [0.4, 0.5) is 11.6 Å². The van der Waals surface area contributed by atoms with E-state index in [-0.39, 0.29) is 0 Å². The molecule has 1 fully saturated rings. The van der Waals surface area contributed by atoms with Gasteiger partial charge in [0.1, 0.15) is 18.0 Å². The summed E-state index contributed by atoms with van der Waals surface area (Å²) in [7, 11) is 2.12. The summed E-state index contributed by atoms with van der Waals surface area (Å²) >= 11 is 0. The van der Waals surface area contributed by atoms with Gasteiger partial charge in [-0.1, -0.05) is 6.92 Å². The van der Waals surface area contributed by atoms with Crippen molar-refractivity contribution in [3.05, 3.63) is 11.9 Å². The molecule has 2 N–H and O–H groups in total. The maximum atomic E-state index is 5.83. The van der Waals surface area contributed by atoms with Crippen LogP contribution in [0.15, 0.2) is 6.33 Å². The summed E-state index contributed by atoms with van der Waals surface area (Å²) in [6.45, 7) is 4.33. The SMILES string of the molecule is Cc1c(N)ncnc1N(C)C1CCC(C)CC1. The van der Waals surface area contributed by atoms with Crippen molar-refractivity contribution in [1.29, 1.82) is 0 Å². The molecule has 0 radical (unpaired) electrons. The van der Waals surface area contributed by atoms with E-state index in [0.29, 0.717) is 11.9 Å². The van der Waals surface area contributed by atoms with Gasteiger partial charge >= 0.3 is 0 Å². The average molecular weight is 234 g/mol. The monoisotopic (exact) mass is 234 g/mol. The first-order valence-electron chi connectivity index (χ1n) is 6.39. The molecule has 0 bridgehead atoms. The van der Waals surface area contributed by atoms with Gasteiger partial charge < -0.3 is 10.6 Å². The number of anilines is 2. The Morgan fingerprint density at radius 3 is 2.53 bits per heavy atom. The summed E-state index contributed by atoms with van der Waals surface area (Å²) in [6.07, 6.45) is 6.69. The summed E-state index contributed by atoms with van der Waals surface area (Å²) in [5.74, 6) is 2.44. The zero-order valence-corrected chi connectivity index (χ0v) is 11.0. The molecule has 0 amide bonds. The minimum absolute atomic E-state index is 0.589. The van der Waals surface area contributed by atoms with Crippen molar-refractivity contribution in [2.24, 2.45) is 5.92 Å². The molecule has 0 aliphatic heterocycles. The Labute approximate surface area is 103 Å². The number of aromatic nitrogens is 2. The number of nitrogens with two attached hydrogens (primary N) is 1. The summed E-state index contributed by atoms with van der Waals surface area (Å²) in [5.41, 5.74) is 6.83. The first-order valence-corrected chi connectivity index (χ1v) is 6.39. The Morgan fingerprint density at radius 1 is 1.24 bits per heavy atom. The minimum Gasteiger partial charge on any atom is -0.383 e. The van der Waals surface area contributed by atoms with E-state index in [9.17, 15) is 0 Å². The Balaban J connectivity index is 2.14. The van der Waals surface area contributed by atoms with Crippen LogP contribution in [0.3, 0.4) is 0 Å². The molecule has 4 heteroatoms. The van der Waals surface area contributed by atoms with Gasteiger partial charge in [-0.2, -0.15) is 0 Å². The predicted molar refractivity (Wildman–Crippen MR) is 71.0 cm³/mol. The first-order chi connectivity index (χ1) is 8.09. The third-order valence-corrected chi connectivity index (χ3v) is 3.96. The van der Waals surface area contributed by atoms with Gasteiger partial charge in [0.05, 0.1) is 0 Å². The van der Waals surface area contributed by atoms with E-state index in [1.165, 1.54) is 25.7 Å². The highest BCUT2D eigenvalue weighted by Gasteiger charge is 2.23. The molecule has 0 spiro atoms. The zero-order chi connectivity index (χ0) is 12.4. The fraction of sp³-hybridized carbons (Fsp3) is 0.692. The zero-order valence-electron chi connectivity index (χ0n) is 11.0. The fourth-order valence-electron chi connectivity index (χ4n) is 2.61. The molecule has 0 saturated heterocycles. The van der Waals surface area contributed by atoms with Crippen LogP contribution >= 0.6 is 0 Å². The molecule has 0 unspecified atom stereocenters. The molecule has 1 aliphatic carbocycles. The van der Waals surface area contributed by atoms with Gasteiger partial charge in [0.15, 0.2) is 0 Å². The van der Waals surface area contributed by atoms with Crippen molar-refractivity contribution < 1.29 is 0 Å². The van der Waals surface area contributed by atoms with Crippen molar-refractivity contribution in [2.75, 3.05) is 17.7 Å². The Morgan fingerprint density at radius 2 is 1.88 bits per heavy atom. The minimum atomic E-state index is 0.589. The smallest absolute Gasteiger partial charge is 0.137 e. The lowest BCUT2D eigenvalue weighted by atomic mass is 9.86. The highest BCUT2D eigenvalue weighted by atomic mass is 15.2. The maximum absolute atomic E-state index is 5.83. The van der Waals surface area contributed by atoms with Gasteiger partial charge in [-0.3, -0.25) is 0 Å². The Hall–Kier alpha value is -1.32. The van der Waals surface area contributed by atoms with Crippen LogP contribution in [-0.4, -0.2) is 23.1 Å². The topological polar surface area (TPSA) is 55.0 Å². The van der Waals surface area contributed by atoms with Crippen LogP contribution in [0, 0.1) is 12.8 Å². The summed E-state index contributed by atoms with van der Waals surface area (Å²) < 4.78 is 0. The first kappa shape index (κ1) is 12.1. The van der Waals surface area contributed by atoms with Gasteiger partial charge in [-0.25, -0.2) is 9.97 Å². The van der Waals surface area contributed by atoms with Crippen molar-refractivity contribution in [3.63, 3.8) is 0 Å². The van der Waals surface area contributed by atoms with Crippen LogP contribution in [-0.2, 0) is 0 Å². The average Bonchev–Trinajstić information content (AvgIpc) is 2.33. The number of hydrogen-bond donors (Lipinski definition) is 1. The van der Waals surface area contributed by atoms with Crippen LogP contribution in [0.5, 0.6) is 0 Å². The standard InChI is InChI=1S/C13H22N4/c1-9-4-6-11(7-5-9)17(3)13-10(2)12(14)15-8-16-13/h8-9,11H,4-7H2,1-3H3,(H2,14,15,16). The van der Waals surface area contributed by atoms with E-state index in [2.05, 4.69) is 28.8 Å². The third kappa shape index (κ3) is 2.51. The maximum Gasteiger partial charge on any atom is 0.137 e. The molecule has 17 heavy (non-hydrogen) atoms. The molecular weight excluding hydrogens is 212 g/mol. The van der Waals surface area contributed by atoms with Gasteiger partial charge in [0.2, 0.25) is 0 Å². The second-order valence-corrected chi connectivity index (χ2v) is 5.23. The predicted octanol–water partition coefficient (Wildman–Crippen LogP) is 2.38. The quantitative estimate of drug-likeness (QED) is 0.853. The molecule has 1 aliphatic rings. The van der Waals surface area contributed by atoms with E-state index in [0.717, 1.165) is 17.3 Å². The van der Waals surface area contributed by atoms with E-state index in [1.54, 1.807) is 6.33 Å². The van der Waals surface area contributed by atoms with Crippen LogP contribution in [0.25, 0.3) is 0 Å². The van der Waals surface area contributed by atoms with Gasteiger partial charge in [-0.05, 0) is 38.5 Å². The normalized spacial score (nSPS) is 24.6. The van der Waals surface area contributed by atoms with Crippen molar-refractivity contribution in [1.82, 2.24) is 9.97 Å². The molecular formula is C13H22N4. The number of rotatable bonds is 2. The van der Waals surface area contributed by atoms with Crippen LogP contribution < -0.4 is 10.6 Å². The van der Waals surface area contributed by atoms with Gasteiger partial charge in [0.25, 0.3) is 0 Å². The Bertz CT molecular complexity index is 383. The van der Waals surface area contributed by atoms with Crippen molar-refractivity contribution in [3.8, 4) is 0 Å². The fourth-order valence-corrected chi connectivity index (χ4v) is 2.61. The summed E-state index contributed by atoms with van der Waals surface area (Å²) in [5, 5.41) is 0. The highest BCUT2D eigenvalue weighted by molar-refractivity contribution is 5.55. The van der Waals surface area contributed by atoms with Crippen LogP contribution in [0.2, 0.25) is 0 Å². The molecule has 2 rings (SSSR count). The second-order valence-electron chi connectivity index (χ2n) is 5.23. The lowest BCUT2D eigenvalue weighted by molar-refractivity contribution is 0.339. The third-order valence-electron chi connectivity index (χ3n) is 3.96. The molecule has 1 aromatic heterocycles. The Kier molecular flexibility index (Phi) is 3.50. The molecule has 0 aromatic carbocycles.